The van der Waals surface area contributed by atoms with Gasteiger partial charge in [0.25, 0.3) is 0 Å². The normalized spacial score (nSPS) is 12.4. The molecule has 0 bridgehead atoms. The maximum Gasteiger partial charge on any atom is 0.225 e. The fourth-order valence-corrected chi connectivity index (χ4v) is 3.42. The van der Waals surface area contributed by atoms with Crippen molar-refractivity contribution in [3.63, 3.8) is 0 Å². The van der Waals surface area contributed by atoms with Crippen molar-refractivity contribution in [1.82, 2.24) is 4.98 Å². The zero-order chi connectivity index (χ0) is 13.5. The molecule has 1 amide bonds. The molecule has 4 nitrogen and oxygen atoms in total. The first-order chi connectivity index (χ1) is 8.58. The summed E-state index contributed by atoms with van der Waals surface area (Å²) in [6.07, 6.45) is 0. The highest BCUT2D eigenvalue weighted by atomic mass is 32.2. The molecule has 6 heteroatoms. The van der Waals surface area contributed by atoms with Crippen LogP contribution in [0.4, 0.5) is 5.13 Å². The lowest BCUT2D eigenvalue weighted by molar-refractivity contribution is -0.116. The van der Waals surface area contributed by atoms with Gasteiger partial charge in [-0.25, -0.2) is 4.98 Å². The number of carbonyl (C=O) groups is 1. The highest BCUT2D eigenvalue weighted by molar-refractivity contribution is 7.98. The SMILES string of the molecule is CCN(C(C)=O)c1nc(CSCC(C)CO)cs1. The summed E-state index contributed by atoms with van der Waals surface area (Å²) in [4.78, 5) is 17.5. The molecule has 0 aromatic carbocycles. The van der Waals surface area contributed by atoms with Crippen molar-refractivity contribution in [2.75, 3.05) is 23.8 Å². The Morgan fingerprint density at radius 1 is 1.67 bits per heavy atom. The Hall–Kier alpha value is -0.590. The van der Waals surface area contributed by atoms with Gasteiger partial charge >= 0.3 is 0 Å². The summed E-state index contributed by atoms with van der Waals surface area (Å²) >= 11 is 3.27. The molecule has 1 unspecified atom stereocenters. The van der Waals surface area contributed by atoms with Crippen LogP contribution in [0.15, 0.2) is 5.38 Å². The number of aromatic nitrogens is 1. The van der Waals surface area contributed by atoms with Crippen molar-refractivity contribution in [2.45, 2.75) is 26.5 Å². The predicted molar refractivity (Wildman–Crippen MR) is 78.2 cm³/mol. The van der Waals surface area contributed by atoms with Crippen molar-refractivity contribution >= 4 is 34.1 Å². The van der Waals surface area contributed by atoms with Crippen LogP contribution in [0.1, 0.15) is 26.5 Å². The van der Waals surface area contributed by atoms with E-state index in [0.717, 1.165) is 22.3 Å². The summed E-state index contributed by atoms with van der Waals surface area (Å²) in [5.74, 6) is 2.10. The van der Waals surface area contributed by atoms with Gasteiger partial charge in [-0.1, -0.05) is 6.92 Å². The minimum absolute atomic E-state index is 0.0277. The number of anilines is 1. The standard InChI is InChI=1S/C12H20N2O2S2/c1-4-14(10(3)16)12-13-11(8-18-12)7-17-6-9(2)5-15/h8-9,15H,4-7H2,1-3H3. The Balaban J connectivity index is 2.50. The second-order valence-electron chi connectivity index (χ2n) is 4.19. The van der Waals surface area contributed by atoms with E-state index in [1.807, 2.05) is 19.2 Å². The van der Waals surface area contributed by atoms with Gasteiger partial charge in [-0.05, 0) is 18.6 Å². The van der Waals surface area contributed by atoms with E-state index in [1.54, 1.807) is 23.6 Å². The molecule has 0 radical (unpaired) electrons. The molecule has 1 rings (SSSR count). The van der Waals surface area contributed by atoms with Gasteiger partial charge in [0.05, 0.1) is 5.69 Å². The van der Waals surface area contributed by atoms with Gasteiger partial charge in [0.2, 0.25) is 5.91 Å². The topological polar surface area (TPSA) is 53.4 Å². The van der Waals surface area contributed by atoms with Gasteiger partial charge < -0.3 is 5.11 Å². The summed E-state index contributed by atoms with van der Waals surface area (Å²) in [6.45, 7) is 6.40. The van der Waals surface area contributed by atoms with Crippen LogP contribution >= 0.6 is 23.1 Å². The first-order valence-corrected chi connectivity index (χ1v) is 8.03. The van der Waals surface area contributed by atoms with Gasteiger partial charge in [-0.2, -0.15) is 11.8 Å². The predicted octanol–water partition coefficient (Wildman–Crippen LogP) is 2.38. The number of aliphatic hydroxyl groups excluding tert-OH is 1. The van der Waals surface area contributed by atoms with Crippen LogP contribution in [-0.4, -0.2) is 34.9 Å². The van der Waals surface area contributed by atoms with E-state index >= 15 is 0 Å². The maximum atomic E-state index is 11.4. The molecule has 1 aromatic rings. The Morgan fingerprint density at radius 2 is 2.39 bits per heavy atom. The van der Waals surface area contributed by atoms with E-state index in [-0.39, 0.29) is 12.5 Å². The third-order valence-corrected chi connectivity index (χ3v) is 4.65. The van der Waals surface area contributed by atoms with Crippen LogP contribution in [-0.2, 0) is 10.5 Å². The smallest absolute Gasteiger partial charge is 0.225 e. The molecule has 1 heterocycles. The molecule has 0 saturated heterocycles. The Kier molecular flexibility index (Phi) is 6.67. The summed E-state index contributed by atoms with van der Waals surface area (Å²) in [5, 5.41) is 11.7. The molecule has 0 saturated carbocycles. The molecule has 0 aliphatic heterocycles. The highest BCUT2D eigenvalue weighted by Crippen LogP contribution is 2.23. The van der Waals surface area contributed by atoms with E-state index < -0.39 is 0 Å². The molecule has 0 fully saturated rings. The van der Waals surface area contributed by atoms with Gasteiger partial charge in [0.15, 0.2) is 5.13 Å². The number of carbonyl (C=O) groups excluding carboxylic acids is 1. The first kappa shape index (κ1) is 15.5. The third-order valence-electron chi connectivity index (χ3n) is 2.43. The van der Waals surface area contributed by atoms with E-state index in [4.69, 9.17) is 5.11 Å². The molecule has 0 spiro atoms. The van der Waals surface area contributed by atoms with Crippen LogP contribution in [0.2, 0.25) is 0 Å². The van der Waals surface area contributed by atoms with Crippen LogP contribution in [0.25, 0.3) is 0 Å². The lowest BCUT2D eigenvalue weighted by Crippen LogP contribution is -2.27. The summed E-state index contributed by atoms with van der Waals surface area (Å²) < 4.78 is 0. The number of rotatable bonds is 7. The maximum absolute atomic E-state index is 11.4. The van der Waals surface area contributed by atoms with Crippen molar-refractivity contribution in [1.29, 1.82) is 0 Å². The van der Waals surface area contributed by atoms with E-state index in [1.165, 1.54) is 11.3 Å². The minimum atomic E-state index is 0.0277. The van der Waals surface area contributed by atoms with Gasteiger partial charge in [-0.3, -0.25) is 9.69 Å². The summed E-state index contributed by atoms with van der Waals surface area (Å²) in [6, 6.07) is 0. The Morgan fingerprint density at radius 3 is 2.94 bits per heavy atom. The average molecular weight is 288 g/mol. The second kappa shape index (κ2) is 7.76. The van der Waals surface area contributed by atoms with Crippen molar-refractivity contribution in [3.8, 4) is 0 Å². The molecule has 1 N–H and O–H groups in total. The van der Waals surface area contributed by atoms with E-state index in [9.17, 15) is 4.79 Å². The fraction of sp³-hybridized carbons (Fsp3) is 0.667. The van der Waals surface area contributed by atoms with Gasteiger partial charge in [0.1, 0.15) is 0 Å². The summed E-state index contributed by atoms with van der Waals surface area (Å²) in [7, 11) is 0. The van der Waals surface area contributed by atoms with Crippen molar-refractivity contribution in [3.05, 3.63) is 11.1 Å². The molecular weight excluding hydrogens is 268 g/mol. The van der Waals surface area contributed by atoms with Crippen molar-refractivity contribution < 1.29 is 9.90 Å². The van der Waals surface area contributed by atoms with Gasteiger partial charge in [0, 0.05) is 31.2 Å². The number of thioether (sulfide) groups is 1. The van der Waals surface area contributed by atoms with Crippen LogP contribution < -0.4 is 4.90 Å². The second-order valence-corrected chi connectivity index (χ2v) is 6.05. The number of nitrogens with zero attached hydrogens (tertiary/aromatic N) is 2. The molecule has 0 aliphatic rings. The first-order valence-electron chi connectivity index (χ1n) is 5.99. The molecule has 1 atom stereocenters. The summed E-state index contributed by atoms with van der Waals surface area (Å²) in [5.41, 5.74) is 1.00. The van der Waals surface area contributed by atoms with Crippen LogP contribution in [0, 0.1) is 5.92 Å². The van der Waals surface area contributed by atoms with E-state index in [2.05, 4.69) is 4.98 Å². The van der Waals surface area contributed by atoms with Gasteiger partial charge in [-0.15, -0.1) is 11.3 Å². The average Bonchev–Trinajstić information content (AvgIpc) is 2.78. The lowest BCUT2D eigenvalue weighted by atomic mass is 10.2. The molecule has 102 valence electrons. The third kappa shape index (κ3) is 4.59. The van der Waals surface area contributed by atoms with Crippen LogP contribution in [0.5, 0.6) is 0 Å². The lowest BCUT2D eigenvalue weighted by Gasteiger charge is -2.14. The number of hydrogen-bond acceptors (Lipinski definition) is 5. The Labute approximate surface area is 116 Å². The molecule has 18 heavy (non-hydrogen) atoms. The fourth-order valence-electron chi connectivity index (χ4n) is 1.40. The molecular formula is C12H20N2O2S2. The molecule has 0 aliphatic carbocycles. The number of amides is 1. The zero-order valence-corrected chi connectivity index (χ0v) is 12.7. The molecule has 1 aromatic heterocycles. The number of hydrogen-bond donors (Lipinski definition) is 1. The number of thiazole rings is 1. The van der Waals surface area contributed by atoms with Crippen LogP contribution in [0.3, 0.4) is 0 Å². The zero-order valence-electron chi connectivity index (χ0n) is 11.0. The van der Waals surface area contributed by atoms with E-state index in [0.29, 0.717) is 12.5 Å². The quantitative estimate of drug-likeness (QED) is 0.837. The Bertz CT molecular complexity index is 382. The minimum Gasteiger partial charge on any atom is -0.396 e. The van der Waals surface area contributed by atoms with Crippen molar-refractivity contribution in [2.24, 2.45) is 5.92 Å². The number of aliphatic hydroxyl groups is 1. The largest absolute Gasteiger partial charge is 0.396 e. The highest BCUT2D eigenvalue weighted by Gasteiger charge is 2.13. The monoisotopic (exact) mass is 288 g/mol.